The Bertz CT molecular complexity index is 780. The summed E-state index contributed by atoms with van der Waals surface area (Å²) in [5.41, 5.74) is 5.02. The van der Waals surface area contributed by atoms with Crippen LogP contribution >= 0.6 is 0 Å². The van der Waals surface area contributed by atoms with Crippen molar-refractivity contribution >= 4 is 17.3 Å². The number of para-hydroxylation sites is 1. The number of benzene rings is 2. The first-order chi connectivity index (χ1) is 12.7. The van der Waals surface area contributed by atoms with Crippen molar-refractivity contribution in [3.8, 4) is 0 Å². The van der Waals surface area contributed by atoms with Crippen molar-refractivity contribution in [1.29, 1.82) is 0 Å². The van der Waals surface area contributed by atoms with E-state index in [-0.39, 0.29) is 5.91 Å². The van der Waals surface area contributed by atoms with Gasteiger partial charge in [-0.3, -0.25) is 4.79 Å². The molecular formula is C22H27N3O. The Labute approximate surface area is 156 Å². The molecule has 0 saturated carbocycles. The molecule has 4 heteroatoms. The van der Waals surface area contributed by atoms with Gasteiger partial charge in [-0.25, -0.2) is 0 Å². The molecule has 2 saturated heterocycles. The highest BCUT2D eigenvalue weighted by atomic mass is 16.2. The molecule has 0 bridgehead atoms. The molecule has 26 heavy (non-hydrogen) atoms. The standard InChI is InChI=1S/C22H27N3O/c1-23-12-14-24(15-13-23)21-9-3-2-7-19(21)16-18-6-4-8-20(17-18)25-11-5-10-22(25)26/h2-4,6-9,17H,5,10-16H2,1H3. The Hall–Kier alpha value is -2.33. The maximum absolute atomic E-state index is 12.0. The van der Waals surface area contributed by atoms with E-state index in [9.17, 15) is 4.79 Å². The first kappa shape index (κ1) is 17.1. The summed E-state index contributed by atoms with van der Waals surface area (Å²) in [5, 5.41) is 0. The van der Waals surface area contributed by atoms with Crippen molar-refractivity contribution in [2.24, 2.45) is 0 Å². The van der Waals surface area contributed by atoms with Gasteiger partial charge in [0.2, 0.25) is 5.91 Å². The minimum atomic E-state index is 0.250. The Morgan fingerprint density at radius 1 is 0.923 bits per heavy atom. The molecule has 0 spiro atoms. The van der Waals surface area contributed by atoms with E-state index in [0.717, 1.165) is 51.3 Å². The molecule has 2 fully saturated rings. The fourth-order valence-corrected chi connectivity index (χ4v) is 3.99. The summed E-state index contributed by atoms with van der Waals surface area (Å²) < 4.78 is 0. The quantitative estimate of drug-likeness (QED) is 0.848. The van der Waals surface area contributed by atoms with E-state index in [0.29, 0.717) is 6.42 Å². The Morgan fingerprint density at radius 2 is 1.73 bits per heavy atom. The van der Waals surface area contributed by atoms with Crippen molar-refractivity contribution < 1.29 is 4.79 Å². The van der Waals surface area contributed by atoms with E-state index in [1.165, 1.54) is 16.8 Å². The molecule has 0 N–H and O–H groups in total. The van der Waals surface area contributed by atoms with Gasteiger partial charge < -0.3 is 14.7 Å². The van der Waals surface area contributed by atoms with E-state index < -0.39 is 0 Å². The minimum Gasteiger partial charge on any atom is -0.369 e. The Balaban J connectivity index is 1.55. The summed E-state index contributed by atoms with van der Waals surface area (Å²) in [7, 11) is 2.19. The third-order valence-electron chi connectivity index (χ3n) is 5.53. The molecule has 0 aromatic heterocycles. The largest absolute Gasteiger partial charge is 0.369 e. The SMILES string of the molecule is CN1CCN(c2ccccc2Cc2cccc(N3CCCC3=O)c2)CC1. The fourth-order valence-electron chi connectivity index (χ4n) is 3.99. The van der Waals surface area contributed by atoms with Crippen LogP contribution in [0, 0.1) is 0 Å². The van der Waals surface area contributed by atoms with Crippen LogP contribution in [0.15, 0.2) is 48.5 Å². The number of rotatable bonds is 4. The summed E-state index contributed by atoms with van der Waals surface area (Å²) in [6.07, 6.45) is 2.55. The molecule has 0 unspecified atom stereocenters. The van der Waals surface area contributed by atoms with Gasteiger partial charge in [-0.2, -0.15) is 0 Å². The van der Waals surface area contributed by atoms with Gasteiger partial charge in [0, 0.05) is 50.5 Å². The van der Waals surface area contributed by atoms with E-state index in [4.69, 9.17) is 0 Å². The van der Waals surface area contributed by atoms with E-state index >= 15 is 0 Å². The molecule has 4 rings (SSSR count). The van der Waals surface area contributed by atoms with Crippen LogP contribution in [-0.2, 0) is 11.2 Å². The fraction of sp³-hybridized carbons (Fsp3) is 0.409. The van der Waals surface area contributed by atoms with Gasteiger partial charge in [-0.15, -0.1) is 0 Å². The van der Waals surface area contributed by atoms with Gasteiger partial charge in [0.05, 0.1) is 0 Å². The lowest BCUT2D eigenvalue weighted by atomic mass is 10.0. The zero-order valence-corrected chi connectivity index (χ0v) is 15.5. The zero-order valence-electron chi connectivity index (χ0n) is 15.5. The first-order valence-electron chi connectivity index (χ1n) is 9.61. The molecule has 2 aromatic carbocycles. The molecule has 0 aliphatic carbocycles. The van der Waals surface area contributed by atoms with Crippen LogP contribution in [0.3, 0.4) is 0 Å². The highest BCUT2D eigenvalue weighted by Crippen LogP contribution is 2.27. The number of likely N-dealkylation sites (N-methyl/N-ethyl adjacent to an activating group) is 1. The second-order valence-electron chi connectivity index (χ2n) is 7.41. The average molecular weight is 349 g/mol. The lowest BCUT2D eigenvalue weighted by Crippen LogP contribution is -2.44. The first-order valence-corrected chi connectivity index (χ1v) is 9.61. The van der Waals surface area contributed by atoms with Crippen LogP contribution in [0.5, 0.6) is 0 Å². The third-order valence-corrected chi connectivity index (χ3v) is 5.53. The highest BCUT2D eigenvalue weighted by molar-refractivity contribution is 5.95. The monoisotopic (exact) mass is 349 g/mol. The summed E-state index contributed by atoms with van der Waals surface area (Å²) in [6, 6.07) is 17.2. The molecule has 0 radical (unpaired) electrons. The molecule has 4 nitrogen and oxygen atoms in total. The molecule has 2 aromatic rings. The van der Waals surface area contributed by atoms with E-state index in [1.807, 2.05) is 4.90 Å². The molecule has 2 heterocycles. The number of amides is 1. The van der Waals surface area contributed by atoms with E-state index in [2.05, 4.69) is 65.4 Å². The van der Waals surface area contributed by atoms with Crippen molar-refractivity contribution in [2.75, 3.05) is 49.6 Å². The molecule has 2 aliphatic heterocycles. The summed E-state index contributed by atoms with van der Waals surface area (Å²) in [5.74, 6) is 0.250. The van der Waals surface area contributed by atoms with Crippen molar-refractivity contribution in [3.05, 3.63) is 59.7 Å². The lowest BCUT2D eigenvalue weighted by molar-refractivity contribution is -0.117. The number of nitrogens with zero attached hydrogens (tertiary/aromatic N) is 3. The Kier molecular flexibility index (Phi) is 4.93. The smallest absolute Gasteiger partial charge is 0.227 e. The third kappa shape index (κ3) is 3.61. The van der Waals surface area contributed by atoms with Crippen LogP contribution in [0.25, 0.3) is 0 Å². The van der Waals surface area contributed by atoms with Crippen molar-refractivity contribution in [2.45, 2.75) is 19.3 Å². The van der Waals surface area contributed by atoms with E-state index in [1.54, 1.807) is 0 Å². The van der Waals surface area contributed by atoms with Crippen LogP contribution in [-0.4, -0.2) is 50.6 Å². The number of hydrogen-bond acceptors (Lipinski definition) is 3. The van der Waals surface area contributed by atoms with Gasteiger partial charge in [-0.05, 0) is 49.2 Å². The van der Waals surface area contributed by atoms with Crippen molar-refractivity contribution in [1.82, 2.24) is 4.90 Å². The number of carbonyl (C=O) groups excluding carboxylic acids is 1. The average Bonchev–Trinajstić information content (AvgIpc) is 3.09. The number of carbonyl (C=O) groups is 1. The predicted octanol–water partition coefficient (Wildman–Crippen LogP) is 3.16. The van der Waals surface area contributed by atoms with Gasteiger partial charge in [0.1, 0.15) is 0 Å². The highest BCUT2D eigenvalue weighted by Gasteiger charge is 2.22. The van der Waals surface area contributed by atoms with Crippen LogP contribution in [0.2, 0.25) is 0 Å². The maximum atomic E-state index is 12.0. The topological polar surface area (TPSA) is 26.8 Å². The molecular weight excluding hydrogens is 322 g/mol. The predicted molar refractivity (Wildman–Crippen MR) is 107 cm³/mol. The second kappa shape index (κ2) is 7.50. The molecule has 136 valence electrons. The number of anilines is 2. The second-order valence-corrected chi connectivity index (χ2v) is 7.41. The lowest BCUT2D eigenvalue weighted by Gasteiger charge is -2.35. The molecule has 2 aliphatic rings. The number of piperazine rings is 1. The normalized spacial score (nSPS) is 18.6. The summed E-state index contributed by atoms with van der Waals surface area (Å²) >= 11 is 0. The van der Waals surface area contributed by atoms with Gasteiger partial charge in [-0.1, -0.05) is 30.3 Å². The van der Waals surface area contributed by atoms with Gasteiger partial charge in [0.25, 0.3) is 0 Å². The summed E-state index contributed by atoms with van der Waals surface area (Å²) in [6.45, 7) is 5.23. The van der Waals surface area contributed by atoms with Crippen LogP contribution < -0.4 is 9.80 Å². The minimum absolute atomic E-state index is 0.250. The molecule has 0 atom stereocenters. The summed E-state index contributed by atoms with van der Waals surface area (Å²) in [4.78, 5) is 18.9. The van der Waals surface area contributed by atoms with Crippen LogP contribution in [0.1, 0.15) is 24.0 Å². The van der Waals surface area contributed by atoms with Crippen LogP contribution in [0.4, 0.5) is 11.4 Å². The van der Waals surface area contributed by atoms with Crippen molar-refractivity contribution in [3.63, 3.8) is 0 Å². The maximum Gasteiger partial charge on any atom is 0.227 e. The number of hydrogen-bond donors (Lipinski definition) is 0. The van der Waals surface area contributed by atoms with Gasteiger partial charge >= 0.3 is 0 Å². The zero-order chi connectivity index (χ0) is 17.9. The molecule has 1 amide bonds. The Morgan fingerprint density at radius 3 is 2.50 bits per heavy atom. The van der Waals surface area contributed by atoms with Gasteiger partial charge in [0.15, 0.2) is 0 Å².